The van der Waals surface area contributed by atoms with Crippen LogP contribution in [0, 0.1) is 0 Å². The normalized spacial score (nSPS) is 28.5. The number of amidine groups is 1. The van der Waals surface area contributed by atoms with Crippen LogP contribution in [0.15, 0.2) is 21.8 Å². The van der Waals surface area contributed by atoms with Gasteiger partial charge in [-0.1, -0.05) is 0 Å². The van der Waals surface area contributed by atoms with Crippen molar-refractivity contribution < 1.29 is 14.9 Å². The van der Waals surface area contributed by atoms with Gasteiger partial charge in [0.25, 0.3) is 0 Å². The molecule has 0 aromatic heterocycles. The number of ether oxygens (including phenoxy) is 1. The van der Waals surface area contributed by atoms with E-state index in [1.54, 1.807) is 0 Å². The van der Waals surface area contributed by atoms with Gasteiger partial charge in [-0.25, -0.2) is 0 Å². The average Bonchev–Trinajstić information content (AvgIpc) is 2.21. The van der Waals surface area contributed by atoms with Gasteiger partial charge in [0.15, 0.2) is 11.6 Å². The molecule has 5 heteroatoms. The molecule has 5 nitrogen and oxygen atoms in total. The molecule has 0 spiro atoms. The van der Waals surface area contributed by atoms with E-state index in [0.29, 0.717) is 5.76 Å². The molecule has 2 aliphatic heterocycles. The maximum Gasteiger partial charge on any atom is 0.301 e. The van der Waals surface area contributed by atoms with Crippen LogP contribution in [0.4, 0.5) is 0 Å². The van der Waals surface area contributed by atoms with E-state index in [1.807, 2.05) is 0 Å². The van der Waals surface area contributed by atoms with Gasteiger partial charge in [-0.15, -0.1) is 0 Å². The summed E-state index contributed by atoms with van der Waals surface area (Å²) >= 11 is 0. The zero-order valence-electron chi connectivity index (χ0n) is 4.85. The molecule has 2 N–H and O–H groups in total. The second kappa shape index (κ2) is 1.57. The Morgan fingerprint density at radius 1 is 1.60 bits per heavy atom. The summed E-state index contributed by atoms with van der Waals surface area (Å²) in [7, 11) is 0. The molecule has 52 valence electrons. The fraction of sp³-hybridized carbons (Fsp3) is 0.200. The van der Waals surface area contributed by atoms with Gasteiger partial charge in [-0.3, -0.25) is 0 Å². The van der Waals surface area contributed by atoms with E-state index < -0.39 is 6.41 Å². The standard InChI is InChI=1S/C5H4N2O3/c8-3-1-2-4(6-3)7-5(9)10-2/h1,5,9H,(H,6,7,8). The van der Waals surface area contributed by atoms with Crippen LogP contribution >= 0.6 is 0 Å². The molecule has 0 fully saturated rings. The van der Waals surface area contributed by atoms with E-state index in [1.165, 1.54) is 6.08 Å². The van der Waals surface area contributed by atoms with Gasteiger partial charge in [-0.05, 0) is 0 Å². The van der Waals surface area contributed by atoms with Crippen molar-refractivity contribution in [2.75, 3.05) is 0 Å². The molecular weight excluding hydrogens is 136 g/mol. The fourth-order valence-electron chi connectivity index (χ4n) is 0.801. The van der Waals surface area contributed by atoms with E-state index in [0.717, 1.165) is 0 Å². The highest BCUT2D eigenvalue weighted by atomic mass is 16.6. The average molecular weight is 140 g/mol. The molecule has 0 aromatic carbocycles. The van der Waals surface area contributed by atoms with Crippen molar-refractivity contribution in [3.05, 3.63) is 11.8 Å². The highest BCUT2D eigenvalue weighted by Crippen LogP contribution is 2.18. The van der Waals surface area contributed by atoms with Crippen LogP contribution < -0.4 is 0 Å². The summed E-state index contributed by atoms with van der Waals surface area (Å²) in [6, 6.07) is 0. The Bertz CT molecular complexity index is 266. The Morgan fingerprint density at radius 2 is 2.40 bits per heavy atom. The minimum Gasteiger partial charge on any atom is -0.493 e. The van der Waals surface area contributed by atoms with E-state index in [2.05, 4.69) is 9.98 Å². The van der Waals surface area contributed by atoms with E-state index >= 15 is 0 Å². The first-order valence-electron chi connectivity index (χ1n) is 2.68. The summed E-state index contributed by atoms with van der Waals surface area (Å²) in [6.07, 6.45) is 0.146. The molecule has 2 aliphatic rings. The number of nitrogens with zero attached hydrogens (tertiary/aromatic N) is 2. The maximum absolute atomic E-state index is 8.75. The maximum atomic E-state index is 8.75. The Balaban J connectivity index is 2.39. The van der Waals surface area contributed by atoms with Crippen molar-refractivity contribution in [3.63, 3.8) is 0 Å². The summed E-state index contributed by atoms with van der Waals surface area (Å²) in [4.78, 5) is 7.08. The Hall–Kier alpha value is -1.36. The van der Waals surface area contributed by atoms with Crippen molar-refractivity contribution in [1.29, 1.82) is 0 Å². The minimum absolute atomic E-state index is 0.138. The zero-order chi connectivity index (χ0) is 7.14. The lowest BCUT2D eigenvalue weighted by molar-refractivity contribution is -0.0380. The number of aliphatic hydroxyl groups is 2. The predicted molar refractivity (Wildman–Crippen MR) is 32.7 cm³/mol. The molecule has 1 atom stereocenters. The first kappa shape index (κ1) is 5.43. The van der Waals surface area contributed by atoms with Gasteiger partial charge < -0.3 is 14.9 Å². The van der Waals surface area contributed by atoms with Crippen molar-refractivity contribution in [3.8, 4) is 0 Å². The molecule has 0 saturated heterocycles. The predicted octanol–water partition coefficient (Wildman–Crippen LogP) is -0.455. The quantitative estimate of drug-likeness (QED) is 0.478. The summed E-state index contributed by atoms with van der Waals surface area (Å²) in [5, 5.41) is 17.5. The molecule has 10 heavy (non-hydrogen) atoms. The third-order valence-corrected chi connectivity index (χ3v) is 1.17. The van der Waals surface area contributed by atoms with Gasteiger partial charge in [-0.2, -0.15) is 9.98 Å². The largest absolute Gasteiger partial charge is 0.493 e. The number of aliphatic hydroxyl groups excluding tert-OH is 2. The molecule has 0 aliphatic carbocycles. The number of rotatable bonds is 0. The monoisotopic (exact) mass is 140 g/mol. The van der Waals surface area contributed by atoms with Crippen molar-refractivity contribution in [2.24, 2.45) is 9.98 Å². The Morgan fingerprint density at radius 3 is 3.10 bits per heavy atom. The van der Waals surface area contributed by atoms with Crippen LogP contribution in [0.3, 0.4) is 0 Å². The zero-order valence-corrected chi connectivity index (χ0v) is 4.85. The lowest BCUT2D eigenvalue weighted by atomic mass is 10.5. The van der Waals surface area contributed by atoms with Crippen molar-refractivity contribution in [1.82, 2.24) is 0 Å². The van der Waals surface area contributed by atoms with Gasteiger partial charge in [0.05, 0.1) is 0 Å². The minimum atomic E-state index is -1.15. The number of hydrogen-bond acceptors (Lipinski definition) is 4. The molecule has 0 bridgehead atoms. The molecule has 0 radical (unpaired) electrons. The summed E-state index contributed by atoms with van der Waals surface area (Å²) in [5.41, 5.74) is 0. The van der Waals surface area contributed by atoms with Gasteiger partial charge in [0.2, 0.25) is 5.90 Å². The first-order chi connectivity index (χ1) is 4.75. The highest BCUT2D eigenvalue weighted by molar-refractivity contribution is 6.14. The van der Waals surface area contributed by atoms with E-state index in [-0.39, 0.29) is 11.7 Å². The summed E-state index contributed by atoms with van der Waals surface area (Å²) < 4.78 is 4.69. The van der Waals surface area contributed by atoms with Crippen LogP contribution in [-0.2, 0) is 4.74 Å². The topological polar surface area (TPSA) is 74.4 Å². The third-order valence-electron chi connectivity index (χ3n) is 1.17. The van der Waals surface area contributed by atoms with E-state index in [9.17, 15) is 0 Å². The van der Waals surface area contributed by atoms with Crippen LogP contribution in [0.1, 0.15) is 0 Å². The van der Waals surface area contributed by atoms with Gasteiger partial charge in [0, 0.05) is 6.08 Å². The molecule has 0 saturated carbocycles. The van der Waals surface area contributed by atoms with Crippen LogP contribution in [0.25, 0.3) is 0 Å². The lowest BCUT2D eigenvalue weighted by Crippen LogP contribution is -2.00. The first-order valence-corrected chi connectivity index (χ1v) is 2.68. The molecule has 2 heterocycles. The van der Waals surface area contributed by atoms with Crippen LogP contribution in [0.2, 0.25) is 0 Å². The van der Waals surface area contributed by atoms with Gasteiger partial charge >= 0.3 is 6.41 Å². The third kappa shape index (κ3) is 0.608. The Kier molecular flexibility index (Phi) is 0.853. The summed E-state index contributed by atoms with van der Waals surface area (Å²) in [5.74, 6) is 0.440. The lowest BCUT2D eigenvalue weighted by Gasteiger charge is -1.96. The fourth-order valence-corrected chi connectivity index (χ4v) is 0.801. The molecular formula is C5H4N2O3. The highest BCUT2D eigenvalue weighted by Gasteiger charge is 2.26. The Labute approximate surface area is 56.0 Å². The SMILES string of the molecule is OC1=NC2=NC(O)OC2=C1. The van der Waals surface area contributed by atoms with E-state index in [4.69, 9.17) is 14.9 Å². The van der Waals surface area contributed by atoms with Crippen molar-refractivity contribution >= 4 is 11.7 Å². The smallest absolute Gasteiger partial charge is 0.301 e. The summed E-state index contributed by atoms with van der Waals surface area (Å²) in [6.45, 7) is 0. The molecule has 0 amide bonds. The van der Waals surface area contributed by atoms with Crippen LogP contribution in [0.5, 0.6) is 0 Å². The number of hydrogen-bond donors (Lipinski definition) is 2. The van der Waals surface area contributed by atoms with Crippen LogP contribution in [-0.4, -0.2) is 28.4 Å². The molecule has 2 rings (SSSR count). The van der Waals surface area contributed by atoms with Gasteiger partial charge in [0.1, 0.15) is 0 Å². The van der Waals surface area contributed by atoms with Crippen molar-refractivity contribution in [2.45, 2.75) is 6.41 Å². The second-order valence-electron chi connectivity index (χ2n) is 1.88. The second-order valence-corrected chi connectivity index (χ2v) is 1.88. The molecule has 0 aromatic rings. The molecule has 1 unspecified atom stereocenters. The number of fused-ring (bicyclic) bond motifs is 1. The number of aliphatic imine (C=N–C) groups is 2.